The highest BCUT2D eigenvalue weighted by atomic mass is 16.3. The predicted octanol–water partition coefficient (Wildman–Crippen LogP) is 1.88. The van der Waals surface area contributed by atoms with Gasteiger partial charge in [-0.05, 0) is 49.9 Å². The molecule has 1 aliphatic carbocycles. The lowest BCUT2D eigenvalue weighted by Gasteiger charge is -2.30. The summed E-state index contributed by atoms with van der Waals surface area (Å²) >= 11 is 0. The Kier molecular flexibility index (Phi) is 3.92. The molecule has 1 saturated carbocycles. The molecule has 3 rings (SSSR count). The Bertz CT molecular complexity index is 479. The van der Waals surface area contributed by atoms with Crippen molar-refractivity contribution < 1.29 is 9.90 Å². The van der Waals surface area contributed by atoms with Gasteiger partial charge >= 0.3 is 0 Å². The Morgan fingerprint density at radius 2 is 2.20 bits per heavy atom. The number of phenolic OH excluding ortho intramolecular Hbond substituents is 1. The molecule has 20 heavy (non-hydrogen) atoms. The number of aromatic hydroxyl groups is 1. The maximum Gasteiger partial charge on any atom is 0.227 e. The van der Waals surface area contributed by atoms with Gasteiger partial charge < -0.3 is 15.3 Å². The highest BCUT2D eigenvalue weighted by Gasteiger charge is 2.36. The summed E-state index contributed by atoms with van der Waals surface area (Å²) < 4.78 is 0. The molecule has 1 atom stereocenters. The Hall–Kier alpha value is -1.55. The second-order valence-corrected chi connectivity index (χ2v) is 5.91. The van der Waals surface area contributed by atoms with Crippen molar-refractivity contribution in [2.45, 2.75) is 38.3 Å². The first kappa shape index (κ1) is 13.4. The number of hydrogen-bond acceptors (Lipinski definition) is 3. The van der Waals surface area contributed by atoms with Crippen molar-refractivity contribution in [3.05, 3.63) is 29.8 Å². The fourth-order valence-corrected chi connectivity index (χ4v) is 2.92. The molecule has 2 N–H and O–H groups in total. The van der Waals surface area contributed by atoms with E-state index in [2.05, 4.69) is 5.32 Å². The quantitative estimate of drug-likeness (QED) is 0.881. The van der Waals surface area contributed by atoms with Gasteiger partial charge in [0.2, 0.25) is 5.91 Å². The molecule has 4 heteroatoms. The van der Waals surface area contributed by atoms with E-state index in [1.54, 1.807) is 12.1 Å². The minimum atomic E-state index is 0.127. The van der Waals surface area contributed by atoms with E-state index in [1.807, 2.05) is 17.0 Å². The molecule has 1 heterocycles. The first-order valence-electron chi connectivity index (χ1n) is 7.53. The largest absolute Gasteiger partial charge is 0.508 e. The number of amides is 1. The summed E-state index contributed by atoms with van der Waals surface area (Å²) in [6.45, 7) is 2.45. The number of nitrogens with one attached hydrogen (secondary N) is 1. The minimum Gasteiger partial charge on any atom is -0.508 e. The van der Waals surface area contributed by atoms with Crippen molar-refractivity contribution in [2.24, 2.45) is 5.92 Å². The van der Waals surface area contributed by atoms with Crippen LogP contribution in [0.3, 0.4) is 0 Å². The van der Waals surface area contributed by atoms with Gasteiger partial charge in [0.05, 0.1) is 5.92 Å². The van der Waals surface area contributed by atoms with Crippen molar-refractivity contribution in [3.8, 4) is 5.75 Å². The van der Waals surface area contributed by atoms with E-state index in [4.69, 9.17) is 0 Å². The van der Waals surface area contributed by atoms with Crippen LogP contribution in [-0.2, 0) is 11.3 Å². The van der Waals surface area contributed by atoms with Crippen LogP contribution in [-0.4, -0.2) is 35.0 Å². The summed E-state index contributed by atoms with van der Waals surface area (Å²) in [5.41, 5.74) is 1.01. The van der Waals surface area contributed by atoms with E-state index in [0.29, 0.717) is 12.6 Å². The lowest BCUT2D eigenvalue weighted by atomic mass is 9.97. The zero-order valence-corrected chi connectivity index (χ0v) is 11.7. The number of piperidine rings is 1. The molecule has 1 aromatic rings. The molecule has 108 valence electrons. The third-order valence-corrected chi connectivity index (χ3v) is 4.18. The van der Waals surface area contributed by atoms with E-state index >= 15 is 0 Å². The summed E-state index contributed by atoms with van der Waals surface area (Å²) in [6, 6.07) is 7.63. The zero-order chi connectivity index (χ0) is 13.9. The molecule has 0 spiro atoms. The monoisotopic (exact) mass is 274 g/mol. The molecule has 1 aromatic carbocycles. The topological polar surface area (TPSA) is 52.6 Å². The fraction of sp³-hybridized carbons (Fsp3) is 0.562. The van der Waals surface area contributed by atoms with Crippen molar-refractivity contribution in [1.82, 2.24) is 10.2 Å². The van der Waals surface area contributed by atoms with Gasteiger partial charge in [-0.2, -0.15) is 0 Å². The first-order valence-corrected chi connectivity index (χ1v) is 7.53. The lowest BCUT2D eigenvalue weighted by molar-refractivity contribution is -0.137. The zero-order valence-electron chi connectivity index (χ0n) is 11.7. The summed E-state index contributed by atoms with van der Waals surface area (Å²) in [7, 11) is 0. The molecule has 1 amide bonds. The Morgan fingerprint density at radius 3 is 2.85 bits per heavy atom. The van der Waals surface area contributed by atoms with Gasteiger partial charge in [-0.25, -0.2) is 0 Å². The molecule has 0 radical (unpaired) electrons. The fourth-order valence-electron chi connectivity index (χ4n) is 2.92. The van der Waals surface area contributed by atoms with Crippen LogP contribution >= 0.6 is 0 Å². The van der Waals surface area contributed by atoms with Crippen LogP contribution in [0.2, 0.25) is 0 Å². The second kappa shape index (κ2) is 5.83. The molecular formula is C16H22N2O2. The smallest absolute Gasteiger partial charge is 0.227 e. The van der Waals surface area contributed by atoms with Gasteiger partial charge in [0, 0.05) is 19.1 Å². The third kappa shape index (κ3) is 3.12. The van der Waals surface area contributed by atoms with Crippen molar-refractivity contribution in [2.75, 3.05) is 13.1 Å². The highest BCUT2D eigenvalue weighted by molar-refractivity contribution is 5.79. The number of benzene rings is 1. The van der Waals surface area contributed by atoms with E-state index in [1.165, 1.54) is 0 Å². The maximum absolute atomic E-state index is 12.7. The van der Waals surface area contributed by atoms with Gasteiger partial charge in [-0.15, -0.1) is 0 Å². The summed E-state index contributed by atoms with van der Waals surface area (Å²) in [5, 5.41) is 12.9. The molecule has 0 unspecified atom stereocenters. The van der Waals surface area contributed by atoms with Crippen molar-refractivity contribution in [1.29, 1.82) is 0 Å². The number of carbonyl (C=O) groups excluding carboxylic acids is 1. The van der Waals surface area contributed by atoms with Crippen LogP contribution in [0.4, 0.5) is 0 Å². The SMILES string of the molecule is O=C([C@@H]1CCCNC1)N(Cc1cccc(O)c1)C1CC1. The minimum absolute atomic E-state index is 0.127. The van der Waals surface area contributed by atoms with Crippen LogP contribution in [0, 0.1) is 5.92 Å². The highest BCUT2D eigenvalue weighted by Crippen LogP contribution is 2.31. The number of hydrogen-bond donors (Lipinski definition) is 2. The summed E-state index contributed by atoms with van der Waals surface area (Å²) in [4.78, 5) is 14.7. The van der Waals surface area contributed by atoms with Crippen LogP contribution in [0.25, 0.3) is 0 Å². The Balaban J connectivity index is 1.70. The molecule has 0 bridgehead atoms. The molecular weight excluding hydrogens is 252 g/mol. The van der Waals surface area contributed by atoms with Gasteiger partial charge in [-0.3, -0.25) is 4.79 Å². The molecule has 1 saturated heterocycles. The molecule has 1 aliphatic heterocycles. The Morgan fingerprint density at radius 1 is 1.35 bits per heavy atom. The summed E-state index contributed by atoms with van der Waals surface area (Å²) in [5.74, 6) is 0.676. The lowest BCUT2D eigenvalue weighted by Crippen LogP contribution is -2.43. The van der Waals surface area contributed by atoms with Crippen molar-refractivity contribution in [3.63, 3.8) is 0 Å². The predicted molar refractivity (Wildman–Crippen MR) is 77.3 cm³/mol. The number of nitrogens with zero attached hydrogens (tertiary/aromatic N) is 1. The van der Waals surface area contributed by atoms with Crippen LogP contribution in [0.15, 0.2) is 24.3 Å². The van der Waals surface area contributed by atoms with E-state index in [-0.39, 0.29) is 17.6 Å². The standard InChI is InChI=1S/C16H22N2O2/c19-15-5-1-3-12(9-15)11-18(14-6-7-14)16(20)13-4-2-8-17-10-13/h1,3,5,9,13-14,17,19H,2,4,6-8,10-11H2/t13-/m1/s1. The second-order valence-electron chi connectivity index (χ2n) is 5.91. The van der Waals surface area contributed by atoms with E-state index in [9.17, 15) is 9.90 Å². The average Bonchev–Trinajstić information content (AvgIpc) is 3.30. The molecule has 0 aromatic heterocycles. The van der Waals surface area contributed by atoms with Gasteiger partial charge in [-0.1, -0.05) is 12.1 Å². The normalized spacial score (nSPS) is 22.5. The van der Waals surface area contributed by atoms with Crippen molar-refractivity contribution >= 4 is 5.91 Å². The van der Waals surface area contributed by atoms with Crippen LogP contribution < -0.4 is 5.32 Å². The van der Waals surface area contributed by atoms with Gasteiger partial charge in [0.15, 0.2) is 0 Å². The van der Waals surface area contributed by atoms with Crippen LogP contribution in [0.5, 0.6) is 5.75 Å². The van der Waals surface area contributed by atoms with Crippen LogP contribution in [0.1, 0.15) is 31.2 Å². The van der Waals surface area contributed by atoms with E-state index < -0.39 is 0 Å². The molecule has 4 nitrogen and oxygen atoms in total. The number of rotatable bonds is 4. The third-order valence-electron chi connectivity index (χ3n) is 4.18. The number of carbonyl (C=O) groups is 1. The summed E-state index contributed by atoms with van der Waals surface area (Å²) in [6.07, 6.45) is 4.31. The van der Waals surface area contributed by atoms with Gasteiger partial charge in [0.1, 0.15) is 5.75 Å². The number of phenols is 1. The van der Waals surface area contributed by atoms with E-state index in [0.717, 1.165) is 44.3 Å². The Labute approximate surface area is 119 Å². The molecule has 2 aliphatic rings. The first-order chi connectivity index (χ1) is 9.74. The molecule has 2 fully saturated rings. The van der Waals surface area contributed by atoms with Gasteiger partial charge in [0.25, 0.3) is 0 Å². The maximum atomic E-state index is 12.7. The average molecular weight is 274 g/mol.